The number of hydrogen-bond donors (Lipinski definition) is 0. The summed E-state index contributed by atoms with van der Waals surface area (Å²) in [6, 6.07) is 49.2. The van der Waals surface area contributed by atoms with Crippen molar-refractivity contribution in [3.05, 3.63) is 132 Å². The summed E-state index contributed by atoms with van der Waals surface area (Å²) in [5.74, 6) is 0. The monoisotopic (exact) mass is 850 g/mol. The van der Waals surface area contributed by atoms with E-state index in [1.54, 1.807) is 20.7 Å². The van der Waals surface area contributed by atoms with E-state index in [9.17, 15) is 0 Å². The highest BCUT2D eigenvalue weighted by atomic mass is 28.3. The van der Waals surface area contributed by atoms with E-state index in [1.807, 2.05) is 0 Å². The van der Waals surface area contributed by atoms with Crippen LogP contribution in [0.25, 0.3) is 76.8 Å². The maximum Gasteiger partial charge on any atom is 0.0776 e. The van der Waals surface area contributed by atoms with Crippen molar-refractivity contribution in [1.82, 2.24) is 0 Å². The number of hydrogen-bond acceptors (Lipinski definition) is 0. The van der Waals surface area contributed by atoms with Crippen LogP contribution < -0.4 is 20.7 Å². The fraction of sp³-hybridized carbons (Fsp3) is 0.286. The predicted octanol–water partition coefficient (Wildman–Crippen LogP) is 14.6. The van der Waals surface area contributed by atoms with Crippen molar-refractivity contribution >= 4 is 85.4 Å². The van der Waals surface area contributed by atoms with Gasteiger partial charge >= 0.3 is 0 Å². The molecule has 0 radical (unpaired) electrons. The Bertz CT molecular complexity index is 2620. The highest BCUT2D eigenvalue weighted by Crippen LogP contribution is 2.48. The minimum Gasteiger partial charge on any atom is -0.0656 e. The first-order chi connectivity index (χ1) is 28.1. The molecule has 60 heavy (non-hydrogen) atoms. The van der Waals surface area contributed by atoms with Crippen molar-refractivity contribution in [2.75, 3.05) is 0 Å². The van der Waals surface area contributed by atoms with Crippen molar-refractivity contribution in [1.29, 1.82) is 0 Å². The summed E-state index contributed by atoms with van der Waals surface area (Å²) in [5, 5.41) is 14.4. The molecule has 0 aliphatic carbocycles. The van der Waals surface area contributed by atoms with Crippen LogP contribution in [-0.4, -0.2) is 32.3 Å². The largest absolute Gasteiger partial charge is 0.0776 e. The molecular formula is C56H66Si4. The van der Waals surface area contributed by atoms with Crippen molar-refractivity contribution < 1.29 is 0 Å². The van der Waals surface area contributed by atoms with Gasteiger partial charge in [-0.15, -0.1) is 0 Å². The van der Waals surface area contributed by atoms with Crippen molar-refractivity contribution in [3.63, 3.8) is 0 Å². The van der Waals surface area contributed by atoms with Gasteiger partial charge in [-0.05, 0) is 113 Å². The standard InChI is InChI=1S/C56H66Si4/c1-15-37-17-21-39(22-18-37)51-35-53(41-29-43(57(3,4)5)33-44(30-41)58(6,7)8)49-28-26-48-52(40-23-19-38(16-2)20-24-40)36-54(50-27-25-47(51)55(49)56(48)50)42-31-45(59(9,10)11)34-46(32-42)60(12,13)14/h17-36H,15-16H2,1-14H3. The third-order valence-corrected chi connectivity index (χ3v) is 21.3. The Hall–Kier alpha value is -4.33. The highest BCUT2D eigenvalue weighted by Gasteiger charge is 2.28. The first kappa shape index (κ1) is 42.4. The molecular weight excluding hydrogens is 785 g/mol. The van der Waals surface area contributed by atoms with Crippen molar-refractivity contribution in [3.8, 4) is 44.5 Å². The van der Waals surface area contributed by atoms with E-state index in [4.69, 9.17) is 0 Å². The Labute approximate surface area is 365 Å². The maximum atomic E-state index is 2.58. The van der Waals surface area contributed by atoms with Gasteiger partial charge in [-0.2, -0.15) is 0 Å². The van der Waals surface area contributed by atoms with Gasteiger partial charge in [0.1, 0.15) is 0 Å². The Morgan fingerprint density at radius 1 is 0.283 bits per heavy atom. The minimum absolute atomic E-state index is 1.04. The van der Waals surface area contributed by atoms with E-state index >= 15 is 0 Å². The molecule has 0 saturated heterocycles. The van der Waals surface area contributed by atoms with Crippen molar-refractivity contribution in [2.24, 2.45) is 0 Å². The number of benzene rings is 8. The number of aryl methyl sites for hydroxylation is 2. The summed E-state index contributed by atoms with van der Waals surface area (Å²) in [4.78, 5) is 0. The fourth-order valence-electron chi connectivity index (χ4n) is 9.09. The van der Waals surface area contributed by atoms with Gasteiger partial charge in [-0.3, -0.25) is 0 Å². The Morgan fingerprint density at radius 3 is 0.767 bits per heavy atom. The SMILES string of the molecule is CCc1ccc(-c2cc(-c3cc([Si](C)(C)C)cc([Si](C)(C)C)c3)c3ccc4c(-c5ccc(CC)cc5)cc(-c5cc([Si](C)(C)C)cc([Si](C)(C)C)c5)c5ccc2c3c45)cc1. The maximum absolute atomic E-state index is 2.58. The van der Waals surface area contributed by atoms with E-state index in [2.05, 4.69) is 214 Å². The summed E-state index contributed by atoms with van der Waals surface area (Å²) < 4.78 is 0. The molecule has 8 aromatic rings. The summed E-state index contributed by atoms with van der Waals surface area (Å²) in [7, 11) is -6.53. The quantitative estimate of drug-likeness (QED) is 0.0950. The first-order valence-electron chi connectivity index (χ1n) is 22.5. The zero-order valence-corrected chi connectivity index (χ0v) is 43.0. The van der Waals surface area contributed by atoms with Crippen LogP contribution in [0.15, 0.2) is 121 Å². The van der Waals surface area contributed by atoms with Crippen LogP contribution in [0.3, 0.4) is 0 Å². The summed E-state index contributed by atoms with van der Waals surface area (Å²) in [6.07, 6.45) is 2.08. The second kappa shape index (κ2) is 15.2. The van der Waals surface area contributed by atoms with Gasteiger partial charge in [-0.25, -0.2) is 0 Å². The minimum atomic E-state index is -1.63. The Kier molecular flexibility index (Phi) is 10.8. The molecule has 4 heteroatoms. The molecule has 0 bridgehead atoms. The van der Waals surface area contributed by atoms with Crippen LogP contribution in [0, 0.1) is 0 Å². The summed E-state index contributed by atoms with van der Waals surface area (Å²) in [5.41, 5.74) is 13.4. The molecule has 0 aromatic heterocycles. The van der Waals surface area contributed by atoms with Crippen LogP contribution in [0.5, 0.6) is 0 Å². The third-order valence-electron chi connectivity index (χ3n) is 13.2. The zero-order chi connectivity index (χ0) is 43.1. The average molecular weight is 851 g/mol. The summed E-state index contributed by atoms with van der Waals surface area (Å²) >= 11 is 0. The van der Waals surface area contributed by atoms with E-state index in [0.29, 0.717) is 0 Å². The van der Waals surface area contributed by atoms with Gasteiger partial charge in [0, 0.05) is 0 Å². The molecule has 0 spiro atoms. The number of rotatable bonds is 10. The lowest BCUT2D eigenvalue weighted by atomic mass is 9.82. The molecule has 8 rings (SSSR count). The normalized spacial score (nSPS) is 13.0. The van der Waals surface area contributed by atoms with Gasteiger partial charge in [-0.1, -0.05) is 222 Å². The Balaban J connectivity index is 1.57. The van der Waals surface area contributed by atoms with Gasteiger partial charge in [0.2, 0.25) is 0 Å². The lowest BCUT2D eigenvalue weighted by Gasteiger charge is -2.26. The van der Waals surface area contributed by atoms with E-state index < -0.39 is 32.3 Å². The highest BCUT2D eigenvalue weighted by molar-refractivity contribution is 6.92. The molecule has 0 N–H and O–H groups in total. The lowest BCUT2D eigenvalue weighted by molar-refractivity contribution is 1.14. The van der Waals surface area contributed by atoms with E-state index in [-0.39, 0.29) is 0 Å². The zero-order valence-electron chi connectivity index (χ0n) is 39.0. The molecule has 306 valence electrons. The van der Waals surface area contributed by atoms with Crippen LogP contribution in [0.1, 0.15) is 25.0 Å². The van der Waals surface area contributed by atoms with Gasteiger partial charge in [0.15, 0.2) is 0 Å². The van der Waals surface area contributed by atoms with Crippen LogP contribution >= 0.6 is 0 Å². The first-order valence-corrected chi connectivity index (χ1v) is 36.5. The van der Waals surface area contributed by atoms with E-state index in [0.717, 1.165) is 12.8 Å². The predicted molar refractivity (Wildman–Crippen MR) is 283 cm³/mol. The van der Waals surface area contributed by atoms with Crippen LogP contribution in [-0.2, 0) is 12.8 Å². The average Bonchev–Trinajstić information content (AvgIpc) is 3.21. The summed E-state index contributed by atoms with van der Waals surface area (Å²) in [6.45, 7) is 34.6. The van der Waals surface area contributed by atoms with Crippen LogP contribution in [0.4, 0.5) is 0 Å². The van der Waals surface area contributed by atoms with Gasteiger partial charge in [0.25, 0.3) is 0 Å². The molecule has 0 saturated carbocycles. The fourth-order valence-corrected chi connectivity index (χ4v) is 14.1. The molecule has 0 amide bonds. The van der Waals surface area contributed by atoms with Gasteiger partial charge < -0.3 is 0 Å². The third kappa shape index (κ3) is 7.85. The van der Waals surface area contributed by atoms with E-state index in [1.165, 1.54) is 88.0 Å². The molecule has 0 unspecified atom stereocenters. The lowest BCUT2D eigenvalue weighted by Crippen LogP contribution is -2.45. The topological polar surface area (TPSA) is 0 Å². The second-order valence-corrected chi connectivity index (χ2v) is 42.0. The Morgan fingerprint density at radius 2 is 0.533 bits per heavy atom. The van der Waals surface area contributed by atoms with Crippen molar-refractivity contribution in [2.45, 2.75) is 105 Å². The van der Waals surface area contributed by atoms with Gasteiger partial charge in [0.05, 0.1) is 32.3 Å². The second-order valence-electron chi connectivity index (χ2n) is 21.7. The smallest absolute Gasteiger partial charge is 0.0656 e. The molecule has 0 aliphatic heterocycles. The molecule has 0 heterocycles. The molecule has 0 fully saturated rings. The molecule has 0 atom stereocenters. The molecule has 8 aromatic carbocycles. The van der Waals surface area contributed by atoms with Crippen LogP contribution in [0.2, 0.25) is 78.6 Å². The molecule has 0 aliphatic rings. The molecule has 0 nitrogen and oxygen atoms in total.